The molecule has 1 fully saturated rings. The fourth-order valence-electron chi connectivity index (χ4n) is 3.92. The highest BCUT2D eigenvalue weighted by Gasteiger charge is 2.32. The minimum atomic E-state index is -0.814. The highest BCUT2D eigenvalue weighted by atomic mass is 16.5. The van der Waals surface area contributed by atoms with Gasteiger partial charge in [0, 0.05) is 48.8 Å². The molecule has 1 saturated heterocycles. The van der Waals surface area contributed by atoms with Crippen molar-refractivity contribution in [3.8, 4) is 5.75 Å². The molecule has 0 amide bonds. The second-order valence-electron chi connectivity index (χ2n) is 6.73. The molecule has 140 valence electrons. The van der Waals surface area contributed by atoms with Gasteiger partial charge in [0.15, 0.2) is 0 Å². The molecule has 0 saturated carbocycles. The second-order valence-corrected chi connectivity index (χ2v) is 6.73. The quantitative estimate of drug-likeness (QED) is 0.727. The van der Waals surface area contributed by atoms with Crippen LogP contribution in [0.25, 0.3) is 10.9 Å². The lowest BCUT2D eigenvalue weighted by Crippen LogP contribution is -2.49. The number of benzene rings is 2. The van der Waals surface area contributed by atoms with E-state index in [1.54, 1.807) is 7.11 Å². The van der Waals surface area contributed by atoms with Crippen LogP contribution >= 0.6 is 0 Å². The summed E-state index contributed by atoms with van der Waals surface area (Å²) in [6.45, 7) is 2.86. The van der Waals surface area contributed by atoms with Gasteiger partial charge in [-0.3, -0.25) is 9.69 Å². The van der Waals surface area contributed by atoms with Gasteiger partial charge in [-0.1, -0.05) is 30.3 Å². The van der Waals surface area contributed by atoms with E-state index in [1.807, 2.05) is 59.6 Å². The van der Waals surface area contributed by atoms with Crippen molar-refractivity contribution in [2.45, 2.75) is 6.04 Å². The van der Waals surface area contributed by atoms with Crippen LogP contribution in [0.1, 0.15) is 11.6 Å². The topological polar surface area (TPSA) is 68.8 Å². The van der Waals surface area contributed by atoms with Crippen molar-refractivity contribution in [2.24, 2.45) is 0 Å². The number of anilines is 1. The van der Waals surface area contributed by atoms with Crippen LogP contribution in [0, 0.1) is 0 Å². The summed E-state index contributed by atoms with van der Waals surface area (Å²) in [4.78, 5) is 19.6. The summed E-state index contributed by atoms with van der Waals surface area (Å²) in [6, 6.07) is 15.1. The van der Waals surface area contributed by atoms with Crippen LogP contribution in [0.5, 0.6) is 5.75 Å². The summed E-state index contributed by atoms with van der Waals surface area (Å²) in [5.74, 6) is 0.0304. The van der Waals surface area contributed by atoms with Crippen molar-refractivity contribution < 1.29 is 14.6 Å². The van der Waals surface area contributed by atoms with Crippen LogP contribution in [0.15, 0.2) is 54.7 Å². The van der Waals surface area contributed by atoms with E-state index in [9.17, 15) is 9.90 Å². The first-order valence-corrected chi connectivity index (χ1v) is 9.10. The van der Waals surface area contributed by atoms with Crippen LogP contribution in [-0.2, 0) is 4.79 Å². The summed E-state index contributed by atoms with van der Waals surface area (Å²) in [6.07, 6.45) is 1.83. The number of aliphatic carboxylic acids is 1. The number of methoxy groups -OCH3 is 1. The lowest BCUT2D eigenvalue weighted by Gasteiger charge is -2.39. The number of ether oxygens (including phenoxy) is 1. The maximum absolute atomic E-state index is 12.1. The molecule has 6 nitrogen and oxygen atoms in total. The number of rotatable bonds is 5. The number of fused-ring (bicyclic) bond motifs is 1. The Morgan fingerprint density at radius 1 is 1.07 bits per heavy atom. The van der Waals surface area contributed by atoms with E-state index in [2.05, 4.69) is 9.88 Å². The third-order valence-electron chi connectivity index (χ3n) is 5.26. The third kappa shape index (κ3) is 3.24. The zero-order valence-electron chi connectivity index (χ0n) is 15.3. The molecule has 2 aromatic carbocycles. The zero-order chi connectivity index (χ0) is 18.8. The molecule has 0 aliphatic carbocycles. The molecule has 4 rings (SSSR count). The number of aromatic nitrogens is 1. The Balaban J connectivity index is 1.56. The molecule has 1 aliphatic heterocycles. The van der Waals surface area contributed by atoms with Crippen molar-refractivity contribution in [1.82, 2.24) is 9.88 Å². The van der Waals surface area contributed by atoms with E-state index >= 15 is 0 Å². The number of H-pyrrole nitrogens is 1. The lowest BCUT2D eigenvalue weighted by molar-refractivity contribution is -0.143. The number of hydrogen-bond donors (Lipinski definition) is 2. The van der Waals surface area contributed by atoms with Gasteiger partial charge in [0.05, 0.1) is 12.8 Å². The molecule has 2 N–H and O–H groups in total. The molecular formula is C21H23N3O3. The van der Waals surface area contributed by atoms with Gasteiger partial charge < -0.3 is 19.7 Å². The molecule has 0 spiro atoms. The van der Waals surface area contributed by atoms with Crippen molar-refractivity contribution in [2.75, 3.05) is 38.2 Å². The maximum atomic E-state index is 12.1. The Labute approximate surface area is 158 Å². The van der Waals surface area contributed by atoms with Gasteiger partial charge in [-0.15, -0.1) is 0 Å². The predicted molar refractivity (Wildman–Crippen MR) is 105 cm³/mol. The molecule has 1 atom stereocenters. The van der Waals surface area contributed by atoms with Gasteiger partial charge in [-0.05, 0) is 18.2 Å². The van der Waals surface area contributed by atoms with Crippen LogP contribution < -0.4 is 9.64 Å². The smallest absolute Gasteiger partial charge is 0.325 e. The average Bonchev–Trinajstić information content (AvgIpc) is 3.12. The molecule has 27 heavy (non-hydrogen) atoms. The molecule has 0 bridgehead atoms. The maximum Gasteiger partial charge on any atom is 0.325 e. The number of carboxylic acids is 1. The first-order chi connectivity index (χ1) is 13.2. The van der Waals surface area contributed by atoms with Crippen LogP contribution in [0.2, 0.25) is 0 Å². The number of nitrogens with zero attached hydrogens (tertiary/aromatic N) is 2. The number of hydrogen-bond acceptors (Lipinski definition) is 4. The van der Waals surface area contributed by atoms with Gasteiger partial charge in [-0.2, -0.15) is 0 Å². The highest BCUT2D eigenvalue weighted by molar-refractivity contribution is 5.89. The second kappa shape index (κ2) is 7.32. The SMILES string of the molecule is COc1ccccc1N1CCN([C@@H](C(=O)O)c2c[nH]c3ccccc23)CC1. The Morgan fingerprint density at radius 3 is 2.52 bits per heavy atom. The molecule has 0 unspecified atom stereocenters. The first kappa shape index (κ1) is 17.4. The van der Waals surface area contributed by atoms with E-state index in [-0.39, 0.29) is 0 Å². The van der Waals surface area contributed by atoms with Gasteiger partial charge in [0.25, 0.3) is 0 Å². The highest BCUT2D eigenvalue weighted by Crippen LogP contribution is 2.32. The Morgan fingerprint density at radius 2 is 1.78 bits per heavy atom. The first-order valence-electron chi connectivity index (χ1n) is 9.10. The van der Waals surface area contributed by atoms with Crippen LogP contribution in [0.4, 0.5) is 5.69 Å². The van der Waals surface area contributed by atoms with E-state index in [4.69, 9.17) is 4.74 Å². The van der Waals surface area contributed by atoms with E-state index < -0.39 is 12.0 Å². The van der Waals surface area contributed by atoms with Gasteiger partial charge in [0.2, 0.25) is 0 Å². The van der Waals surface area contributed by atoms with Crippen LogP contribution in [-0.4, -0.2) is 54.2 Å². The molecule has 1 aliphatic rings. The Hall–Kier alpha value is -2.99. The summed E-state index contributed by atoms with van der Waals surface area (Å²) in [5, 5.41) is 10.9. The largest absolute Gasteiger partial charge is 0.495 e. The zero-order valence-corrected chi connectivity index (χ0v) is 15.3. The number of carboxylic acid groups (broad SMARTS) is 1. The van der Waals surface area contributed by atoms with E-state index in [0.717, 1.165) is 41.0 Å². The van der Waals surface area contributed by atoms with Gasteiger partial charge in [-0.25, -0.2) is 0 Å². The molecular weight excluding hydrogens is 342 g/mol. The monoisotopic (exact) mass is 365 g/mol. The summed E-state index contributed by atoms with van der Waals surface area (Å²) < 4.78 is 5.46. The van der Waals surface area contributed by atoms with E-state index in [0.29, 0.717) is 13.1 Å². The molecule has 2 heterocycles. The molecule has 1 aromatic heterocycles. The van der Waals surface area contributed by atoms with Crippen molar-refractivity contribution in [1.29, 1.82) is 0 Å². The minimum Gasteiger partial charge on any atom is -0.495 e. The number of aromatic amines is 1. The van der Waals surface area contributed by atoms with E-state index in [1.165, 1.54) is 0 Å². The molecule has 0 radical (unpaired) electrons. The predicted octanol–water partition coefficient (Wildman–Crippen LogP) is 3.12. The Kier molecular flexibility index (Phi) is 4.73. The third-order valence-corrected chi connectivity index (χ3v) is 5.26. The van der Waals surface area contributed by atoms with Crippen molar-refractivity contribution in [3.63, 3.8) is 0 Å². The normalized spacial score (nSPS) is 16.4. The number of piperazine rings is 1. The average molecular weight is 365 g/mol. The Bertz CT molecular complexity index is 945. The summed E-state index contributed by atoms with van der Waals surface area (Å²) in [7, 11) is 1.67. The number of carbonyl (C=O) groups is 1. The summed E-state index contributed by atoms with van der Waals surface area (Å²) in [5.41, 5.74) is 2.84. The standard InChI is InChI=1S/C21H23N3O3/c1-27-19-9-5-4-8-18(19)23-10-12-24(13-11-23)20(21(25)26)16-14-22-17-7-3-2-6-15(16)17/h2-9,14,20,22H,10-13H2,1H3,(H,25,26)/t20-/m1/s1. The fourth-order valence-corrected chi connectivity index (χ4v) is 3.92. The number of nitrogens with one attached hydrogen (secondary N) is 1. The van der Waals surface area contributed by atoms with Crippen molar-refractivity contribution >= 4 is 22.6 Å². The molecule has 6 heteroatoms. The fraction of sp³-hybridized carbons (Fsp3) is 0.286. The minimum absolute atomic E-state index is 0.652. The number of para-hydroxylation sites is 3. The summed E-state index contributed by atoms with van der Waals surface area (Å²) >= 11 is 0. The van der Waals surface area contributed by atoms with Crippen LogP contribution in [0.3, 0.4) is 0 Å². The van der Waals surface area contributed by atoms with Gasteiger partial charge in [0.1, 0.15) is 11.8 Å². The molecule has 3 aromatic rings. The lowest BCUT2D eigenvalue weighted by atomic mass is 10.0. The van der Waals surface area contributed by atoms with Crippen molar-refractivity contribution in [3.05, 3.63) is 60.3 Å². The van der Waals surface area contributed by atoms with Gasteiger partial charge >= 0.3 is 5.97 Å².